The highest BCUT2D eigenvalue weighted by Crippen LogP contribution is 2.17. The van der Waals surface area contributed by atoms with E-state index >= 15 is 0 Å². The molecule has 1 amide bonds. The number of benzene rings is 2. The number of methoxy groups -OCH3 is 1. The molecule has 29 heavy (non-hydrogen) atoms. The fraction of sp³-hybridized carbons (Fsp3) is 0.435. The number of nitrogens with one attached hydrogen (secondary N) is 1. The van der Waals surface area contributed by atoms with Gasteiger partial charge in [0.25, 0.3) is 0 Å². The van der Waals surface area contributed by atoms with Gasteiger partial charge in [0, 0.05) is 38.4 Å². The molecule has 3 rings (SSSR count). The van der Waals surface area contributed by atoms with Crippen molar-refractivity contribution in [1.29, 1.82) is 0 Å². The van der Waals surface area contributed by atoms with Crippen LogP contribution in [0.4, 0.5) is 5.69 Å². The summed E-state index contributed by atoms with van der Waals surface area (Å²) in [5.41, 5.74) is 2.14. The van der Waals surface area contributed by atoms with E-state index in [2.05, 4.69) is 34.2 Å². The molecule has 1 N–H and O–H groups in total. The number of carbonyl (C=O) groups excluding carboxylic acids is 1. The zero-order valence-electron chi connectivity index (χ0n) is 17.4. The summed E-state index contributed by atoms with van der Waals surface area (Å²) in [6.45, 7) is 7.78. The van der Waals surface area contributed by atoms with Crippen molar-refractivity contribution < 1.29 is 14.3 Å². The van der Waals surface area contributed by atoms with Gasteiger partial charge in [0.1, 0.15) is 18.1 Å². The van der Waals surface area contributed by atoms with Crippen LogP contribution in [0, 0.1) is 0 Å². The lowest BCUT2D eigenvalue weighted by Crippen LogP contribution is -2.49. The number of aryl methyl sites for hydroxylation is 1. The fourth-order valence-electron chi connectivity index (χ4n) is 3.36. The van der Waals surface area contributed by atoms with Gasteiger partial charge in [-0.2, -0.15) is 0 Å². The van der Waals surface area contributed by atoms with E-state index in [9.17, 15) is 4.79 Å². The molecular formula is C23H31N3O3. The van der Waals surface area contributed by atoms with E-state index in [0.29, 0.717) is 13.2 Å². The summed E-state index contributed by atoms with van der Waals surface area (Å²) in [5, 5.41) is 2.99. The lowest BCUT2D eigenvalue weighted by Gasteiger charge is -2.34. The highest BCUT2D eigenvalue weighted by atomic mass is 16.5. The number of carbonyl (C=O) groups is 1. The first-order valence-corrected chi connectivity index (χ1v) is 10.3. The molecule has 0 bridgehead atoms. The summed E-state index contributed by atoms with van der Waals surface area (Å²) >= 11 is 0. The maximum absolute atomic E-state index is 12.3. The summed E-state index contributed by atoms with van der Waals surface area (Å²) in [4.78, 5) is 16.9. The topological polar surface area (TPSA) is 54.0 Å². The van der Waals surface area contributed by atoms with Gasteiger partial charge >= 0.3 is 0 Å². The Hall–Kier alpha value is -2.57. The predicted octanol–water partition coefficient (Wildman–Crippen LogP) is 2.89. The third kappa shape index (κ3) is 6.76. The third-order valence-corrected chi connectivity index (χ3v) is 5.21. The largest absolute Gasteiger partial charge is 0.497 e. The van der Waals surface area contributed by atoms with Gasteiger partial charge in [-0.3, -0.25) is 14.6 Å². The van der Waals surface area contributed by atoms with Crippen LogP contribution in [0.3, 0.4) is 0 Å². The fourth-order valence-corrected chi connectivity index (χ4v) is 3.36. The second kappa shape index (κ2) is 10.8. The van der Waals surface area contributed by atoms with Crippen molar-refractivity contribution in [3.8, 4) is 11.5 Å². The average molecular weight is 398 g/mol. The summed E-state index contributed by atoms with van der Waals surface area (Å²) in [5.74, 6) is 1.73. The highest BCUT2D eigenvalue weighted by Gasteiger charge is 2.18. The molecular weight excluding hydrogens is 366 g/mol. The van der Waals surface area contributed by atoms with Gasteiger partial charge in [0.2, 0.25) is 5.91 Å². The molecule has 0 unspecified atom stereocenters. The number of ether oxygens (including phenoxy) is 2. The first kappa shape index (κ1) is 21.1. The van der Waals surface area contributed by atoms with E-state index in [1.165, 1.54) is 5.56 Å². The maximum Gasteiger partial charge on any atom is 0.238 e. The standard InChI is InChI=1S/C23H31N3O3/c1-3-19-4-6-20(7-5-19)24-23(27)18-26-14-12-25(13-15-26)16-17-29-22-10-8-21(28-2)9-11-22/h4-11H,3,12-18H2,1-2H3,(H,24,27). The van der Waals surface area contributed by atoms with Gasteiger partial charge in [-0.15, -0.1) is 0 Å². The second-order valence-electron chi connectivity index (χ2n) is 7.24. The molecule has 0 aromatic heterocycles. The molecule has 0 atom stereocenters. The van der Waals surface area contributed by atoms with Crippen molar-refractivity contribution in [3.63, 3.8) is 0 Å². The van der Waals surface area contributed by atoms with Gasteiger partial charge in [-0.1, -0.05) is 19.1 Å². The van der Waals surface area contributed by atoms with Gasteiger partial charge in [-0.25, -0.2) is 0 Å². The van der Waals surface area contributed by atoms with E-state index < -0.39 is 0 Å². The minimum absolute atomic E-state index is 0.0468. The Morgan fingerprint density at radius 1 is 0.931 bits per heavy atom. The Bertz CT molecular complexity index is 754. The van der Waals surface area contributed by atoms with Crippen LogP contribution in [0.15, 0.2) is 48.5 Å². The molecule has 1 heterocycles. The molecule has 0 spiro atoms. The molecule has 6 nitrogen and oxygen atoms in total. The smallest absolute Gasteiger partial charge is 0.238 e. The third-order valence-electron chi connectivity index (χ3n) is 5.21. The normalized spacial score (nSPS) is 15.1. The minimum atomic E-state index is 0.0468. The van der Waals surface area contributed by atoms with Crippen LogP contribution in [-0.4, -0.2) is 68.7 Å². The van der Waals surface area contributed by atoms with E-state index in [1.807, 2.05) is 36.4 Å². The summed E-state index contributed by atoms with van der Waals surface area (Å²) in [6.07, 6.45) is 1.00. The molecule has 2 aromatic carbocycles. The van der Waals surface area contributed by atoms with Gasteiger partial charge in [-0.05, 0) is 48.4 Å². The number of rotatable bonds is 9. The number of piperazine rings is 1. The quantitative estimate of drug-likeness (QED) is 0.705. The van der Waals surface area contributed by atoms with Crippen LogP contribution in [0.25, 0.3) is 0 Å². The van der Waals surface area contributed by atoms with Crippen molar-refractivity contribution in [2.75, 3.05) is 58.3 Å². The van der Waals surface area contributed by atoms with E-state index in [-0.39, 0.29) is 5.91 Å². The van der Waals surface area contributed by atoms with Gasteiger partial charge in [0.15, 0.2) is 0 Å². The van der Waals surface area contributed by atoms with Crippen molar-refractivity contribution in [2.45, 2.75) is 13.3 Å². The molecule has 1 saturated heterocycles. The lowest BCUT2D eigenvalue weighted by atomic mass is 10.1. The van der Waals surface area contributed by atoms with Crippen LogP contribution in [0.5, 0.6) is 11.5 Å². The summed E-state index contributed by atoms with van der Waals surface area (Å²) in [7, 11) is 1.66. The molecule has 1 aliphatic heterocycles. The molecule has 0 saturated carbocycles. The van der Waals surface area contributed by atoms with Crippen LogP contribution in [-0.2, 0) is 11.2 Å². The molecule has 0 radical (unpaired) electrons. The maximum atomic E-state index is 12.3. The first-order valence-electron chi connectivity index (χ1n) is 10.3. The van der Waals surface area contributed by atoms with Crippen molar-refractivity contribution in [1.82, 2.24) is 9.80 Å². The number of hydrogen-bond donors (Lipinski definition) is 1. The Labute approximate surface area is 173 Å². The van der Waals surface area contributed by atoms with Crippen molar-refractivity contribution in [2.24, 2.45) is 0 Å². The molecule has 156 valence electrons. The molecule has 1 fully saturated rings. The van der Waals surface area contributed by atoms with Gasteiger partial charge < -0.3 is 14.8 Å². The Morgan fingerprint density at radius 2 is 1.55 bits per heavy atom. The van der Waals surface area contributed by atoms with Gasteiger partial charge in [0.05, 0.1) is 13.7 Å². The second-order valence-corrected chi connectivity index (χ2v) is 7.24. The van der Waals surface area contributed by atoms with Crippen LogP contribution >= 0.6 is 0 Å². The Balaban J connectivity index is 1.32. The summed E-state index contributed by atoms with van der Waals surface area (Å²) < 4.78 is 11.0. The van der Waals surface area contributed by atoms with Crippen molar-refractivity contribution >= 4 is 11.6 Å². The zero-order valence-corrected chi connectivity index (χ0v) is 17.4. The van der Waals surface area contributed by atoms with E-state index in [0.717, 1.165) is 56.3 Å². The number of hydrogen-bond acceptors (Lipinski definition) is 5. The highest BCUT2D eigenvalue weighted by molar-refractivity contribution is 5.92. The number of anilines is 1. The van der Waals surface area contributed by atoms with Crippen molar-refractivity contribution in [3.05, 3.63) is 54.1 Å². The summed E-state index contributed by atoms with van der Waals surface area (Å²) in [6, 6.07) is 15.7. The molecule has 6 heteroatoms. The Morgan fingerprint density at radius 3 is 2.17 bits per heavy atom. The van der Waals surface area contributed by atoms with Crippen LogP contribution in [0.1, 0.15) is 12.5 Å². The predicted molar refractivity (Wildman–Crippen MR) is 116 cm³/mol. The van der Waals surface area contributed by atoms with Crippen LogP contribution in [0.2, 0.25) is 0 Å². The molecule has 0 aliphatic carbocycles. The number of amides is 1. The molecule has 1 aliphatic rings. The van der Waals surface area contributed by atoms with E-state index in [4.69, 9.17) is 9.47 Å². The monoisotopic (exact) mass is 397 g/mol. The SMILES string of the molecule is CCc1ccc(NC(=O)CN2CCN(CCOc3ccc(OC)cc3)CC2)cc1. The average Bonchev–Trinajstić information content (AvgIpc) is 2.76. The van der Waals surface area contributed by atoms with Crippen LogP contribution < -0.4 is 14.8 Å². The number of nitrogens with zero attached hydrogens (tertiary/aromatic N) is 2. The first-order chi connectivity index (χ1) is 14.2. The van der Waals surface area contributed by atoms with E-state index in [1.54, 1.807) is 7.11 Å². The minimum Gasteiger partial charge on any atom is -0.497 e. The Kier molecular flexibility index (Phi) is 7.90. The lowest BCUT2D eigenvalue weighted by molar-refractivity contribution is -0.117. The molecule has 2 aromatic rings. The zero-order chi connectivity index (χ0) is 20.5.